The first-order valence-corrected chi connectivity index (χ1v) is 10.7. The van der Waals surface area contributed by atoms with E-state index in [-0.39, 0.29) is 0 Å². The summed E-state index contributed by atoms with van der Waals surface area (Å²) in [5, 5.41) is 0. The minimum atomic E-state index is 0.477. The minimum Gasteiger partial charge on any atom is -0.398 e. The molecule has 150 valence electrons. The van der Waals surface area contributed by atoms with E-state index in [2.05, 4.69) is 102 Å². The van der Waals surface area contributed by atoms with E-state index in [0.29, 0.717) is 23.7 Å². The molecule has 0 atom stereocenters. The molecule has 2 aromatic rings. The highest BCUT2D eigenvalue weighted by atomic mass is 79.9. The Labute approximate surface area is 174 Å². The van der Waals surface area contributed by atoms with Crippen molar-refractivity contribution in [2.45, 2.75) is 79.1 Å². The molecule has 0 bridgehead atoms. The SMILES string of the molecule is CC(C)c1cc(Br)cc(C(C)C)c1N.CC(C)c1cccc(C(C)C)c1N. The molecular formula is C24H37BrN2. The Balaban J connectivity index is 0.000000271. The van der Waals surface area contributed by atoms with Crippen molar-refractivity contribution in [1.29, 1.82) is 0 Å². The molecule has 3 heteroatoms. The maximum Gasteiger partial charge on any atom is 0.0385 e. The van der Waals surface area contributed by atoms with Gasteiger partial charge in [-0.1, -0.05) is 89.5 Å². The van der Waals surface area contributed by atoms with E-state index in [1.807, 2.05) is 0 Å². The van der Waals surface area contributed by atoms with Crippen molar-refractivity contribution in [2.75, 3.05) is 11.5 Å². The van der Waals surface area contributed by atoms with Gasteiger partial charge in [0, 0.05) is 15.8 Å². The number of halogens is 1. The Kier molecular flexibility index (Phi) is 8.87. The third kappa shape index (κ3) is 6.27. The van der Waals surface area contributed by atoms with Gasteiger partial charge in [0.15, 0.2) is 0 Å². The van der Waals surface area contributed by atoms with Gasteiger partial charge in [-0.15, -0.1) is 0 Å². The van der Waals surface area contributed by atoms with Gasteiger partial charge in [-0.25, -0.2) is 0 Å². The van der Waals surface area contributed by atoms with Crippen LogP contribution in [0.3, 0.4) is 0 Å². The molecule has 0 radical (unpaired) electrons. The number of nitrogen functional groups attached to an aromatic ring is 2. The van der Waals surface area contributed by atoms with Crippen LogP contribution in [0.5, 0.6) is 0 Å². The zero-order valence-electron chi connectivity index (χ0n) is 18.2. The van der Waals surface area contributed by atoms with E-state index in [9.17, 15) is 0 Å². The number of anilines is 2. The normalized spacial score (nSPS) is 11.3. The molecule has 0 saturated carbocycles. The smallest absolute Gasteiger partial charge is 0.0385 e. The first-order chi connectivity index (χ1) is 12.5. The van der Waals surface area contributed by atoms with E-state index in [1.165, 1.54) is 22.3 Å². The summed E-state index contributed by atoms with van der Waals surface area (Å²) >= 11 is 3.53. The summed E-state index contributed by atoms with van der Waals surface area (Å²) in [6, 6.07) is 10.6. The van der Waals surface area contributed by atoms with Crippen molar-refractivity contribution in [3.63, 3.8) is 0 Å². The fraction of sp³-hybridized carbons (Fsp3) is 0.500. The van der Waals surface area contributed by atoms with Crippen molar-refractivity contribution >= 4 is 27.3 Å². The first kappa shape index (κ1) is 23.6. The topological polar surface area (TPSA) is 52.0 Å². The third-order valence-electron chi connectivity index (χ3n) is 4.87. The highest BCUT2D eigenvalue weighted by molar-refractivity contribution is 9.10. The monoisotopic (exact) mass is 432 g/mol. The van der Waals surface area contributed by atoms with E-state index in [0.717, 1.165) is 15.8 Å². The first-order valence-electron chi connectivity index (χ1n) is 9.94. The lowest BCUT2D eigenvalue weighted by atomic mass is 9.93. The minimum absolute atomic E-state index is 0.477. The summed E-state index contributed by atoms with van der Waals surface area (Å²) in [6.45, 7) is 17.4. The highest BCUT2D eigenvalue weighted by Crippen LogP contribution is 2.33. The molecule has 0 unspecified atom stereocenters. The second-order valence-corrected chi connectivity index (χ2v) is 9.38. The molecule has 0 aliphatic heterocycles. The van der Waals surface area contributed by atoms with Crippen LogP contribution in [-0.4, -0.2) is 0 Å². The number of hydrogen-bond donors (Lipinski definition) is 2. The molecule has 27 heavy (non-hydrogen) atoms. The van der Waals surface area contributed by atoms with Crippen molar-refractivity contribution < 1.29 is 0 Å². The Morgan fingerprint density at radius 2 is 0.889 bits per heavy atom. The van der Waals surface area contributed by atoms with E-state index in [1.54, 1.807) is 0 Å². The van der Waals surface area contributed by atoms with Crippen LogP contribution >= 0.6 is 15.9 Å². The number of nitrogens with two attached hydrogens (primary N) is 2. The van der Waals surface area contributed by atoms with Gasteiger partial charge in [-0.05, 0) is 58.1 Å². The second kappa shape index (κ2) is 10.2. The molecule has 0 aliphatic rings. The van der Waals surface area contributed by atoms with E-state index < -0.39 is 0 Å². The molecule has 0 amide bonds. The molecule has 0 saturated heterocycles. The summed E-state index contributed by atoms with van der Waals surface area (Å²) in [4.78, 5) is 0. The van der Waals surface area contributed by atoms with Crippen molar-refractivity contribution in [3.05, 3.63) is 57.1 Å². The van der Waals surface area contributed by atoms with Crippen molar-refractivity contribution in [3.8, 4) is 0 Å². The van der Waals surface area contributed by atoms with Crippen LogP contribution in [0.25, 0.3) is 0 Å². The van der Waals surface area contributed by atoms with Crippen molar-refractivity contribution in [1.82, 2.24) is 0 Å². The standard InChI is InChI=1S/C12H18BrN.C12H19N/c1-7(2)10-5-9(13)6-11(8(3)4)12(10)14;1-8(2)10-6-5-7-11(9(3)4)12(10)13/h5-8H,14H2,1-4H3;5-9H,13H2,1-4H3. The van der Waals surface area contributed by atoms with Gasteiger partial charge >= 0.3 is 0 Å². The van der Waals surface area contributed by atoms with Gasteiger partial charge < -0.3 is 11.5 Å². The van der Waals surface area contributed by atoms with Gasteiger partial charge in [0.2, 0.25) is 0 Å². The second-order valence-electron chi connectivity index (χ2n) is 8.47. The van der Waals surface area contributed by atoms with Crippen LogP contribution in [0.2, 0.25) is 0 Å². The highest BCUT2D eigenvalue weighted by Gasteiger charge is 2.12. The van der Waals surface area contributed by atoms with E-state index in [4.69, 9.17) is 11.5 Å². The maximum atomic E-state index is 6.13. The molecule has 0 heterocycles. The van der Waals surface area contributed by atoms with Gasteiger partial charge in [0.1, 0.15) is 0 Å². The number of hydrogen-bond acceptors (Lipinski definition) is 2. The number of benzene rings is 2. The molecule has 2 rings (SSSR count). The Bertz CT molecular complexity index is 691. The Morgan fingerprint density at radius 3 is 1.19 bits per heavy atom. The van der Waals surface area contributed by atoms with Crippen LogP contribution in [0.1, 0.15) is 101 Å². The molecule has 4 N–H and O–H groups in total. The largest absolute Gasteiger partial charge is 0.398 e. The van der Waals surface area contributed by atoms with Crippen LogP contribution in [0.15, 0.2) is 34.8 Å². The predicted octanol–water partition coefficient (Wildman–Crippen LogP) is 7.79. The zero-order valence-corrected chi connectivity index (χ0v) is 19.8. The fourth-order valence-electron chi connectivity index (χ4n) is 3.22. The number of rotatable bonds is 4. The van der Waals surface area contributed by atoms with Crippen molar-refractivity contribution in [2.24, 2.45) is 0 Å². The van der Waals surface area contributed by atoms with Gasteiger partial charge in [-0.3, -0.25) is 0 Å². The third-order valence-corrected chi connectivity index (χ3v) is 5.33. The summed E-state index contributed by atoms with van der Waals surface area (Å²) in [5.74, 6) is 1.98. The quantitative estimate of drug-likeness (QED) is 0.484. The molecule has 0 aromatic heterocycles. The zero-order chi connectivity index (χ0) is 20.9. The molecular weight excluding hydrogens is 396 g/mol. The molecule has 2 aromatic carbocycles. The fourth-order valence-corrected chi connectivity index (χ4v) is 3.72. The molecule has 0 aliphatic carbocycles. The number of para-hydroxylation sites is 1. The average Bonchev–Trinajstić information content (AvgIpc) is 2.56. The Hall–Kier alpha value is -1.48. The molecule has 0 fully saturated rings. The van der Waals surface area contributed by atoms with Crippen LogP contribution in [0.4, 0.5) is 11.4 Å². The Morgan fingerprint density at radius 1 is 0.593 bits per heavy atom. The van der Waals surface area contributed by atoms with Gasteiger partial charge in [0.05, 0.1) is 0 Å². The lowest BCUT2D eigenvalue weighted by Gasteiger charge is -2.16. The average molecular weight is 433 g/mol. The lowest BCUT2D eigenvalue weighted by molar-refractivity contribution is 0.838. The predicted molar refractivity (Wildman–Crippen MR) is 126 cm³/mol. The summed E-state index contributed by atoms with van der Waals surface area (Å²) in [6.07, 6.45) is 0. The van der Waals surface area contributed by atoms with Crippen LogP contribution in [-0.2, 0) is 0 Å². The van der Waals surface area contributed by atoms with E-state index >= 15 is 0 Å². The van der Waals surface area contributed by atoms with Gasteiger partial charge in [-0.2, -0.15) is 0 Å². The van der Waals surface area contributed by atoms with Gasteiger partial charge in [0.25, 0.3) is 0 Å². The lowest BCUT2D eigenvalue weighted by Crippen LogP contribution is -2.03. The van der Waals surface area contributed by atoms with Crippen LogP contribution < -0.4 is 11.5 Å². The molecule has 0 spiro atoms. The maximum absolute atomic E-state index is 6.13. The summed E-state index contributed by atoms with van der Waals surface area (Å²) in [7, 11) is 0. The summed E-state index contributed by atoms with van der Waals surface area (Å²) in [5.41, 5.74) is 19.2. The molecule has 2 nitrogen and oxygen atoms in total. The van der Waals surface area contributed by atoms with Crippen LogP contribution in [0, 0.1) is 0 Å². The summed E-state index contributed by atoms with van der Waals surface area (Å²) < 4.78 is 1.12.